The minimum atomic E-state index is -4.69. The molecule has 9 nitrogen and oxygen atoms in total. The number of rotatable bonds is 7. The van der Waals surface area contributed by atoms with E-state index in [0.717, 1.165) is 21.5 Å². The predicted octanol–water partition coefficient (Wildman–Crippen LogP) is 4.68. The molecule has 0 fully saturated rings. The first-order valence-electron chi connectivity index (χ1n) is 9.94. The Labute approximate surface area is 193 Å². The van der Waals surface area contributed by atoms with Gasteiger partial charge in [-0.3, -0.25) is 0 Å². The van der Waals surface area contributed by atoms with Crippen LogP contribution in [0.4, 0.5) is 36.4 Å². The summed E-state index contributed by atoms with van der Waals surface area (Å²) < 4.78 is 63.7. The zero-order valence-corrected chi connectivity index (χ0v) is 18.9. The molecule has 0 radical (unpaired) electrons. The first-order valence-corrected chi connectivity index (χ1v) is 11.8. The van der Waals surface area contributed by atoms with Gasteiger partial charge in [-0.05, 0) is 34.5 Å². The molecule has 4 aromatic rings. The molecular weight excluding hydrogens is 471 g/mol. The first-order chi connectivity index (χ1) is 16.0. The van der Waals surface area contributed by atoms with E-state index in [0.29, 0.717) is 17.4 Å². The zero-order valence-electron chi connectivity index (χ0n) is 18.1. The maximum atomic E-state index is 13.6. The van der Waals surface area contributed by atoms with E-state index < -0.39 is 28.0 Å². The molecule has 3 aromatic heterocycles. The Balaban J connectivity index is 1.62. The Morgan fingerprint density at radius 3 is 2.74 bits per heavy atom. The van der Waals surface area contributed by atoms with Crippen molar-refractivity contribution < 1.29 is 21.9 Å². The van der Waals surface area contributed by atoms with Crippen LogP contribution in [0, 0.1) is 0 Å². The fourth-order valence-electron chi connectivity index (χ4n) is 3.24. The Morgan fingerprint density at radius 2 is 2.00 bits per heavy atom. The summed E-state index contributed by atoms with van der Waals surface area (Å²) in [6.07, 6.45) is 0.337. The van der Waals surface area contributed by atoms with Gasteiger partial charge in [-0.25, -0.2) is 9.97 Å². The van der Waals surface area contributed by atoms with Gasteiger partial charge in [0.25, 0.3) is 0 Å². The van der Waals surface area contributed by atoms with Crippen LogP contribution in [0.3, 0.4) is 0 Å². The average molecular weight is 493 g/mol. The average Bonchev–Trinajstić information content (AvgIpc) is 3.24. The van der Waals surface area contributed by atoms with E-state index in [1.807, 2.05) is 18.2 Å². The van der Waals surface area contributed by atoms with Crippen LogP contribution in [-0.4, -0.2) is 37.8 Å². The van der Waals surface area contributed by atoms with Gasteiger partial charge >= 0.3 is 16.6 Å². The van der Waals surface area contributed by atoms with E-state index >= 15 is 0 Å². The lowest BCUT2D eigenvalue weighted by molar-refractivity contribution is -0.137. The number of aromatic amines is 1. The van der Waals surface area contributed by atoms with Crippen molar-refractivity contribution in [1.29, 1.82) is 0 Å². The molecule has 4 rings (SSSR count). The van der Waals surface area contributed by atoms with E-state index in [-0.39, 0.29) is 18.3 Å². The van der Waals surface area contributed by atoms with E-state index in [9.17, 15) is 21.9 Å². The van der Waals surface area contributed by atoms with Crippen LogP contribution in [-0.2, 0) is 27.3 Å². The van der Waals surface area contributed by atoms with Crippen molar-refractivity contribution in [3.63, 3.8) is 0 Å². The molecule has 34 heavy (non-hydrogen) atoms. The molecule has 13 heteroatoms. The van der Waals surface area contributed by atoms with Crippen LogP contribution < -0.4 is 14.9 Å². The molecule has 178 valence electrons. The van der Waals surface area contributed by atoms with Crippen molar-refractivity contribution >= 4 is 44.6 Å². The van der Waals surface area contributed by atoms with Crippen LogP contribution in [0.15, 0.2) is 55.0 Å². The third-order valence-corrected chi connectivity index (χ3v) is 6.21. The van der Waals surface area contributed by atoms with Gasteiger partial charge in [-0.2, -0.15) is 27.0 Å². The second-order valence-electron chi connectivity index (χ2n) is 7.46. The highest BCUT2D eigenvalue weighted by Crippen LogP contribution is 2.34. The summed E-state index contributed by atoms with van der Waals surface area (Å²) in [6, 6.07) is 10.4. The van der Waals surface area contributed by atoms with Gasteiger partial charge in [-0.15, -0.1) is 0 Å². The Bertz CT molecular complexity index is 1370. The van der Waals surface area contributed by atoms with Crippen LogP contribution in [0.5, 0.6) is 0 Å². The number of fused-ring (bicyclic) bond motifs is 1. The lowest BCUT2D eigenvalue weighted by Gasteiger charge is -2.18. The van der Waals surface area contributed by atoms with E-state index in [1.54, 1.807) is 24.4 Å². The molecular formula is C21H21F3N7O2S+. The number of H-pyrrole nitrogens is 1. The number of nitrogens with zero attached hydrogens (tertiary/aromatic N) is 4. The van der Waals surface area contributed by atoms with Crippen molar-refractivity contribution in [3.8, 4) is 0 Å². The SMILES string of the molecule is CN(c1ncccc1CNc1nc(Nc2ccc3[nH]ccc3c2)ncc1C(F)(F)F)[S+](C)(=O)O. The summed E-state index contributed by atoms with van der Waals surface area (Å²) in [4.78, 5) is 15.0. The molecule has 0 amide bonds. The van der Waals surface area contributed by atoms with Crippen LogP contribution in [0.1, 0.15) is 11.1 Å². The number of nitrogens with one attached hydrogen (secondary N) is 3. The number of hydrogen-bond acceptors (Lipinski definition) is 6. The van der Waals surface area contributed by atoms with E-state index in [2.05, 4.69) is 30.6 Å². The van der Waals surface area contributed by atoms with Gasteiger partial charge in [0.1, 0.15) is 11.4 Å². The van der Waals surface area contributed by atoms with Gasteiger partial charge in [-0.1, -0.05) is 6.07 Å². The van der Waals surface area contributed by atoms with Crippen molar-refractivity contribution in [2.24, 2.45) is 0 Å². The molecule has 0 saturated heterocycles. The predicted molar refractivity (Wildman–Crippen MR) is 125 cm³/mol. The van der Waals surface area contributed by atoms with Crippen molar-refractivity contribution in [2.45, 2.75) is 12.7 Å². The molecule has 1 atom stereocenters. The van der Waals surface area contributed by atoms with Crippen molar-refractivity contribution in [2.75, 3.05) is 28.2 Å². The fourth-order valence-corrected chi connectivity index (χ4v) is 3.72. The van der Waals surface area contributed by atoms with E-state index in [4.69, 9.17) is 0 Å². The standard InChI is InChI=1S/C21H20F3N7O2S/c1-31(34(2,32)33)19-14(4-3-8-26-19)11-27-18-16(21(22,23)24)12-28-20(30-18)29-15-5-6-17-13(10-15)7-9-25-17/h3-10,12,25H,11H2,1-2H3,(H2-,27,28,29,30,32,33)/p+1. The van der Waals surface area contributed by atoms with Crippen LogP contribution in [0.25, 0.3) is 10.9 Å². The van der Waals surface area contributed by atoms with Crippen molar-refractivity contribution in [3.05, 3.63) is 66.1 Å². The molecule has 1 aromatic carbocycles. The van der Waals surface area contributed by atoms with E-state index in [1.165, 1.54) is 13.2 Å². The molecule has 0 spiro atoms. The van der Waals surface area contributed by atoms with Crippen LogP contribution >= 0.6 is 0 Å². The summed E-state index contributed by atoms with van der Waals surface area (Å²) in [7, 11) is -1.99. The maximum Gasteiger partial charge on any atom is 0.421 e. The molecule has 0 aliphatic carbocycles. The molecule has 0 saturated carbocycles. The zero-order chi connectivity index (χ0) is 24.5. The molecule has 3 heterocycles. The number of halogens is 3. The van der Waals surface area contributed by atoms with Crippen molar-refractivity contribution in [1.82, 2.24) is 19.9 Å². The topological polar surface area (TPSA) is 119 Å². The number of anilines is 4. The Hall–Kier alpha value is -3.71. The summed E-state index contributed by atoms with van der Waals surface area (Å²) in [6.45, 7) is -0.127. The summed E-state index contributed by atoms with van der Waals surface area (Å²) in [5, 5.41) is 6.51. The Morgan fingerprint density at radius 1 is 1.21 bits per heavy atom. The smallest absolute Gasteiger partial charge is 0.365 e. The van der Waals surface area contributed by atoms with Gasteiger partial charge in [0.2, 0.25) is 5.95 Å². The van der Waals surface area contributed by atoms with Gasteiger partial charge < -0.3 is 15.6 Å². The number of alkyl halides is 3. The number of aromatic nitrogens is 4. The number of pyridine rings is 1. The summed E-state index contributed by atoms with van der Waals surface area (Å²) in [5.74, 6) is -0.307. The summed E-state index contributed by atoms with van der Waals surface area (Å²) >= 11 is 0. The molecule has 0 aliphatic heterocycles. The summed E-state index contributed by atoms with van der Waals surface area (Å²) in [5.41, 5.74) is 0.888. The molecule has 1 unspecified atom stereocenters. The largest absolute Gasteiger partial charge is 0.421 e. The molecule has 4 N–H and O–H groups in total. The van der Waals surface area contributed by atoms with Gasteiger partial charge in [0.15, 0.2) is 12.1 Å². The minimum absolute atomic E-state index is 0.0270. The fraction of sp³-hybridized carbons (Fsp3) is 0.190. The normalized spacial score (nSPS) is 13.5. The maximum absolute atomic E-state index is 13.6. The minimum Gasteiger partial charge on any atom is -0.365 e. The second kappa shape index (κ2) is 8.91. The third-order valence-electron chi connectivity index (χ3n) is 5.02. The van der Waals surface area contributed by atoms with Gasteiger partial charge in [0.05, 0.1) is 7.05 Å². The Kier molecular flexibility index (Phi) is 6.15. The second-order valence-corrected chi connectivity index (χ2v) is 9.53. The third kappa shape index (κ3) is 5.10. The lowest BCUT2D eigenvalue weighted by Crippen LogP contribution is -2.32. The van der Waals surface area contributed by atoms with Crippen LogP contribution in [0.2, 0.25) is 0 Å². The highest BCUT2D eigenvalue weighted by Gasteiger charge is 2.35. The molecule has 0 bridgehead atoms. The number of benzene rings is 1. The quantitative estimate of drug-likeness (QED) is 0.277. The highest BCUT2D eigenvalue weighted by atomic mass is 32.3. The molecule has 0 aliphatic rings. The number of hydrogen-bond donors (Lipinski definition) is 4. The first kappa shape index (κ1) is 23.4. The highest BCUT2D eigenvalue weighted by molar-refractivity contribution is 7.98. The van der Waals surface area contributed by atoms with Gasteiger partial charge in [0, 0.05) is 47.3 Å². The monoisotopic (exact) mass is 492 g/mol. The lowest BCUT2D eigenvalue weighted by atomic mass is 10.2.